The molecule has 2 atom stereocenters. The minimum absolute atomic E-state index is 0.00147. The summed E-state index contributed by atoms with van der Waals surface area (Å²) in [6.07, 6.45) is -2.62. The van der Waals surface area contributed by atoms with Crippen LogP contribution in [0.3, 0.4) is 0 Å². The summed E-state index contributed by atoms with van der Waals surface area (Å²) in [4.78, 5) is 28.8. The lowest BCUT2D eigenvalue weighted by Gasteiger charge is -2.17. The van der Waals surface area contributed by atoms with E-state index in [0.717, 1.165) is 6.92 Å². The molecule has 0 spiro atoms. The highest BCUT2D eigenvalue weighted by molar-refractivity contribution is 6.03. The second-order valence-corrected chi connectivity index (χ2v) is 9.74. The maximum absolute atomic E-state index is 13.2. The quantitative estimate of drug-likeness (QED) is 0.435. The summed E-state index contributed by atoms with van der Waals surface area (Å²) in [7, 11) is 0. The molecule has 0 aliphatic heterocycles. The van der Waals surface area contributed by atoms with E-state index in [9.17, 15) is 22.8 Å². The van der Waals surface area contributed by atoms with Crippen LogP contribution in [0.2, 0.25) is 0 Å². The van der Waals surface area contributed by atoms with Crippen molar-refractivity contribution >= 4 is 23.5 Å². The molecule has 0 bridgehead atoms. The van der Waals surface area contributed by atoms with Gasteiger partial charge in [-0.1, -0.05) is 32.0 Å². The first-order valence-corrected chi connectivity index (χ1v) is 11.1. The van der Waals surface area contributed by atoms with Crippen molar-refractivity contribution in [2.45, 2.75) is 59.2 Å². The fraction of sp³-hybridized carbons (Fsp3) is 0.435. The molecule has 36 heavy (non-hydrogen) atoms. The number of primary amides is 1. The van der Waals surface area contributed by atoms with E-state index in [1.807, 2.05) is 0 Å². The van der Waals surface area contributed by atoms with Crippen LogP contribution in [0.4, 0.5) is 24.9 Å². The van der Waals surface area contributed by atoms with Gasteiger partial charge in [0.25, 0.3) is 5.91 Å². The number of anilines is 2. The van der Waals surface area contributed by atoms with E-state index in [0.29, 0.717) is 22.4 Å². The molecule has 0 aliphatic rings. The second-order valence-electron chi connectivity index (χ2n) is 9.74. The SMILES string of the molecule is CC(C(=O)Nc1cc(CC(C)(C)C)no1)c1ccc(-c2nn(C(C)C(F)(F)F)c(N)c2C(N)=O)nc1. The lowest BCUT2D eigenvalue weighted by Crippen LogP contribution is -2.26. The van der Waals surface area contributed by atoms with Gasteiger partial charge in [0.1, 0.15) is 23.1 Å². The number of nitrogens with two attached hydrogens (primary N) is 2. The molecule has 2 unspecified atom stereocenters. The molecule has 10 nitrogen and oxygen atoms in total. The largest absolute Gasteiger partial charge is 0.410 e. The number of halogens is 3. The average Bonchev–Trinajstić information content (AvgIpc) is 3.34. The molecule has 0 fully saturated rings. The molecule has 0 saturated carbocycles. The Bertz CT molecular complexity index is 1260. The third kappa shape index (κ3) is 5.83. The Kier molecular flexibility index (Phi) is 7.14. The number of nitrogen functional groups attached to an aromatic ring is 1. The molecular weight excluding hydrogens is 479 g/mol. The Morgan fingerprint density at radius 1 is 1.19 bits per heavy atom. The first-order chi connectivity index (χ1) is 16.6. The summed E-state index contributed by atoms with van der Waals surface area (Å²) >= 11 is 0. The fourth-order valence-corrected chi connectivity index (χ4v) is 3.48. The van der Waals surface area contributed by atoms with Crippen molar-refractivity contribution in [2.75, 3.05) is 11.1 Å². The zero-order valence-corrected chi connectivity index (χ0v) is 20.5. The molecule has 194 valence electrons. The van der Waals surface area contributed by atoms with Crippen LogP contribution in [0, 0.1) is 5.41 Å². The molecular formula is C23H28F3N7O3. The number of hydrogen-bond donors (Lipinski definition) is 3. The van der Waals surface area contributed by atoms with Gasteiger partial charge in [-0.05, 0) is 37.3 Å². The van der Waals surface area contributed by atoms with Crippen LogP contribution in [0.5, 0.6) is 0 Å². The van der Waals surface area contributed by atoms with Crippen molar-refractivity contribution in [3.63, 3.8) is 0 Å². The highest BCUT2D eigenvalue weighted by Gasteiger charge is 2.40. The van der Waals surface area contributed by atoms with E-state index >= 15 is 0 Å². The number of pyridine rings is 1. The van der Waals surface area contributed by atoms with Crippen molar-refractivity contribution in [3.05, 3.63) is 41.2 Å². The third-order valence-corrected chi connectivity index (χ3v) is 5.47. The van der Waals surface area contributed by atoms with Gasteiger partial charge in [-0.2, -0.15) is 18.3 Å². The Balaban J connectivity index is 1.81. The molecule has 0 aromatic carbocycles. The lowest BCUT2D eigenvalue weighted by atomic mass is 9.91. The number of carbonyl (C=O) groups excluding carboxylic acids is 2. The van der Waals surface area contributed by atoms with Crippen molar-refractivity contribution in [3.8, 4) is 11.4 Å². The summed E-state index contributed by atoms with van der Waals surface area (Å²) in [6.45, 7) is 8.67. The second kappa shape index (κ2) is 9.63. The standard InChI is InChI=1S/C23H28F3N7O3/c1-11(21(35)30-16-8-14(32-36-16)9-22(3,4)5)13-6-7-15(29-10-13)18-17(20(28)34)19(27)33(31-18)12(2)23(24,25)26/h6-8,10-12H,9,27H2,1-5H3,(H2,28,34)(H,30,35). The van der Waals surface area contributed by atoms with Gasteiger partial charge in [0.2, 0.25) is 11.8 Å². The molecule has 5 N–H and O–H groups in total. The van der Waals surface area contributed by atoms with E-state index in [4.69, 9.17) is 16.0 Å². The smallest absolute Gasteiger partial charge is 0.383 e. The minimum atomic E-state index is -4.65. The Hall–Kier alpha value is -3.90. The zero-order valence-electron chi connectivity index (χ0n) is 20.5. The first kappa shape index (κ1) is 26.7. The monoisotopic (exact) mass is 507 g/mol. The van der Waals surface area contributed by atoms with Crippen molar-refractivity contribution in [1.82, 2.24) is 19.9 Å². The first-order valence-electron chi connectivity index (χ1n) is 11.1. The van der Waals surface area contributed by atoms with E-state index < -0.39 is 29.9 Å². The van der Waals surface area contributed by atoms with Gasteiger partial charge < -0.3 is 16.0 Å². The van der Waals surface area contributed by atoms with Crippen LogP contribution in [-0.4, -0.2) is 37.9 Å². The normalized spacial score (nSPS) is 13.9. The number of amides is 2. The molecule has 0 radical (unpaired) electrons. The predicted molar refractivity (Wildman–Crippen MR) is 126 cm³/mol. The minimum Gasteiger partial charge on any atom is -0.383 e. The predicted octanol–water partition coefficient (Wildman–Crippen LogP) is 4.07. The maximum Gasteiger partial charge on any atom is 0.410 e. The number of hydrogen-bond acceptors (Lipinski definition) is 7. The van der Waals surface area contributed by atoms with Crippen LogP contribution >= 0.6 is 0 Å². The molecule has 0 aliphatic carbocycles. The van der Waals surface area contributed by atoms with Crippen molar-refractivity contribution < 1.29 is 27.3 Å². The lowest BCUT2D eigenvalue weighted by molar-refractivity contribution is -0.164. The number of rotatable bonds is 7. The summed E-state index contributed by atoms with van der Waals surface area (Å²) in [5.74, 6) is -2.39. The van der Waals surface area contributed by atoms with E-state index in [1.54, 1.807) is 19.1 Å². The molecule has 13 heteroatoms. The van der Waals surface area contributed by atoms with E-state index in [1.165, 1.54) is 12.3 Å². The topological polar surface area (TPSA) is 155 Å². The average molecular weight is 508 g/mol. The maximum atomic E-state index is 13.2. The number of nitrogens with one attached hydrogen (secondary N) is 1. The van der Waals surface area contributed by atoms with Gasteiger partial charge >= 0.3 is 6.18 Å². The van der Waals surface area contributed by atoms with Crippen LogP contribution in [0.15, 0.2) is 28.9 Å². The van der Waals surface area contributed by atoms with Gasteiger partial charge in [0, 0.05) is 12.3 Å². The van der Waals surface area contributed by atoms with Crippen LogP contribution in [0.25, 0.3) is 11.4 Å². The van der Waals surface area contributed by atoms with Crippen molar-refractivity contribution in [1.29, 1.82) is 0 Å². The number of aromatic nitrogens is 4. The Morgan fingerprint density at radius 2 is 1.86 bits per heavy atom. The van der Waals surface area contributed by atoms with Gasteiger partial charge in [-0.25, -0.2) is 4.68 Å². The van der Waals surface area contributed by atoms with Gasteiger partial charge in [0.15, 0.2) is 0 Å². The van der Waals surface area contributed by atoms with Crippen LogP contribution < -0.4 is 16.8 Å². The third-order valence-electron chi connectivity index (χ3n) is 5.47. The zero-order chi connectivity index (χ0) is 27.0. The summed E-state index contributed by atoms with van der Waals surface area (Å²) < 4.78 is 45.3. The van der Waals surface area contributed by atoms with Crippen LogP contribution in [0.1, 0.15) is 68.2 Å². The summed E-state index contributed by atoms with van der Waals surface area (Å²) in [5, 5.41) is 10.5. The number of carbonyl (C=O) groups is 2. The van der Waals surface area contributed by atoms with Gasteiger partial charge in [-0.15, -0.1) is 0 Å². The highest BCUT2D eigenvalue weighted by Crippen LogP contribution is 2.35. The number of nitrogens with zero attached hydrogens (tertiary/aromatic N) is 4. The molecule has 3 rings (SSSR count). The Labute approximate surface area is 205 Å². The summed E-state index contributed by atoms with van der Waals surface area (Å²) in [5.41, 5.74) is 11.9. The van der Waals surface area contributed by atoms with E-state index in [-0.39, 0.29) is 34.2 Å². The Morgan fingerprint density at radius 3 is 2.39 bits per heavy atom. The van der Waals surface area contributed by atoms with Crippen molar-refractivity contribution in [2.24, 2.45) is 11.1 Å². The molecule has 3 aromatic rings. The van der Waals surface area contributed by atoms with Crippen LogP contribution in [-0.2, 0) is 11.2 Å². The molecule has 3 heterocycles. The highest BCUT2D eigenvalue weighted by atomic mass is 19.4. The van der Waals surface area contributed by atoms with E-state index in [2.05, 4.69) is 41.3 Å². The molecule has 3 aromatic heterocycles. The molecule has 0 saturated heterocycles. The van der Waals surface area contributed by atoms with Gasteiger partial charge in [0.05, 0.1) is 17.3 Å². The summed E-state index contributed by atoms with van der Waals surface area (Å²) in [6, 6.07) is 2.54. The van der Waals surface area contributed by atoms with Gasteiger partial charge in [-0.3, -0.25) is 19.9 Å². The number of alkyl halides is 3. The fourth-order valence-electron chi connectivity index (χ4n) is 3.48. The molecule has 2 amide bonds.